The van der Waals surface area contributed by atoms with Gasteiger partial charge < -0.3 is 5.32 Å². The molecule has 0 aliphatic heterocycles. The summed E-state index contributed by atoms with van der Waals surface area (Å²) in [6.07, 6.45) is 0.971. The van der Waals surface area contributed by atoms with Crippen LogP contribution in [0, 0.1) is 0 Å². The summed E-state index contributed by atoms with van der Waals surface area (Å²) in [7, 11) is 2.03. The minimum absolute atomic E-state index is 0.203. The summed E-state index contributed by atoms with van der Waals surface area (Å²) >= 11 is 0. The van der Waals surface area contributed by atoms with Crippen molar-refractivity contribution in [3.8, 4) is 0 Å². The topological polar surface area (TPSA) is 29.9 Å². The van der Waals surface area contributed by atoms with Crippen LogP contribution in [0.3, 0.4) is 0 Å². The highest BCUT2D eigenvalue weighted by atomic mass is 15.3. The molecule has 3 nitrogen and oxygen atoms in total. The van der Waals surface area contributed by atoms with Gasteiger partial charge in [-0.15, -0.1) is 0 Å². The number of nitrogens with one attached hydrogen (secondary N) is 1. The molecule has 0 bridgehead atoms. The van der Waals surface area contributed by atoms with Crippen LogP contribution in [0.5, 0.6) is 0 Å². The maximum atomic E-state index is 4.58. The molecule has 1 N–H and O–H groups in total. The molecule has 2 rings (SSSR count). The lowest BCUT2D eigenvalue weighted by molar-refractivity contribution is 0.571. The summed E-state index contributed by atoms with van der Waals surface area (Å²) in [5.74, 6) is 0.569. The van der Waals surface area contributed by atoms with Gasteiger partial charge in [-0.2, -0.15) is 5.10 Å². The van der Waals surface area contributed by atoms with Crippen LogP contribution in [0.25, 0.3) is 0 Å². The molecule has 1 heterocycles. The van der Waals surface area contributed by atoms with Crippen LogP contribution in [-0.2, 0) is 13.5 Å². The molecular formula is C18H27N3. The van der Waals surface area contributed by atoms with E-state index >= 15 is 0 Å². The molecule has 1 unspecified atom stereocenters. The van der Waals surface area contributed by atoms with Gasteiger partial charge in [0.05, 0.1) is 17.4 Å². The predicted octanol–water partition coefficient (Wildman–Crippen LogP) is 3.80. The van der Waals surface area contributed by atoms with E-state index in [0.717, 1.165) is 18.7 Å². The second-order valence-corrected chi connectivity index (χ2v) is 5.85. The molecule has 3 heteroatoms. The summed E-state index contributed by atoms with van der Waals surface area (Å²) in [4.78, 5) is 0. The highest BCUT2D eigenvalue weighted by molar-refractivity contribution is 5.32. The Balaban J connectivity index is 2.35. The quantitative estimate of drug-likeness (QED) is 0.874. The van der Waals surface area contributed by atoms with Crippen molar-refractivity contribution in [2.45, 2.75) is 46.1 Å². The lowest BCUT2D eigenvalue weighted by atomic mass is 9.97. The van der Waals surface area contributed by atoms with Crippen LogP contribution in [-0.4, -0.2) is 16.3 Å². The first kappa shape index (κ1) is 15.8. The second kappa shape index (κ2) is 6.90. The third-order valence-electron chi connectivity index (χ3n) is 3.97. The summed E-state index contributed by atoms with van der Waals surface area (Å²) in [6, 6.07) is 11.4. The van der Waals surface area contributed by atoms with Gasteiger partial charge in [-0.3, -0.25) is 4.68 Å². The molecule has 0 radical (unpaired) electrons. The Morgan fingerprint density at radius 3 is 2.19 bits per heavy atom. The molecule has 0 aliphatic rings. The third-order valence-corrected chi connectivity index (χ3v) is 3.97. The summed E-state index contributed by atoms with van der Waals surface area (Å²) < 4.78 is 2.00. The van der Waals surface area contributed by atoms with Crippen LogP contribution < -0.4 is 5.32 Å². The van der Waals surface area contributed by atoms with Gasteiger partial charge in [-0.25, -0.2) is 0 Å². The smallest absolute Gasteiger partial charge is 0.0748 e. The SMILES string of the molecule is CCNC(c1ccc(C(C)C)cc1)c1cc(CC)nn1C. The molecular weight excluding hydrogens is 258 g/mol. The Labute approximate surface area is 128 Å². The van der Waals surface area contributed by atoms with Crippen LogP contribution in [0.2, 0.25) is 0 Å². The van der Waals surface area contributed by atoms with Crippen molar-refractivity contribution in [1.29, 1.82) is 0 Å². The van der Waals surface area contributed by atoms with E-state index in [9.17, 15) is 0 Å². The predicted molar refractivity (Wildman–Crippen MR) is 88.6 cm³/mol. The fourth-order valence-corrected chi connectivity index (χ4v) is 2.66. The average Bonchev–Trinajstić information content (AvgIpc) is 2.86. The number of hydrogen-bond acceptors (Lipinski definition) is 2. The monoisotopic (exact) mass is 285 g/mol. The van der Waals surface area contributed by atoms with Crippen molar-refractivity contribution < 1.29 is 0 Å². The molecule has 2 aromatic rings. The van der Waals surface area contributed by atoms with Crippen molar-refractivity contribution in [3.05, 3.63) is 52.8 Å². The average molecular weight is 285 g/mol. The van der Waals surface area contributed by atoms with E-state index in [1.54, 1.807) is 0 Å². The van der Waals surface area contributed by atoms with E-state index < -0.39 is 0 Å². The minimum atomic E-state index is 0.203. The van der Waals surface area contributed by atoms with E-state index in [4.69, 9.17) is 0 Å². The zero-order valence-corrected chi connectivity index (χ0v) is 13.9. The zero-order valence-electron chi connectivity index (χ0n) is 13.9. The van der Waals surface area contributed by atoms with Crippen LogP contribution in [0.15, 0.2) is 30.3 Å². The number of hydrogen-bond donors (Lipinski definition) is 1. The standard InChI is InChI=1S/C18H27N3/c1-6-16-12-17(21(5)20-16)18(19-7-2)15-10-8-14(9-11-15)13(3)4/h8-13,18-19H,6-7H2,1-5H3. The molecule has 1 atom stereocenters. The van der Waals surface area contributed by atoms with E-state index in [-0.39, 0.29) is 6.04 Å². The summed E-state index contributed by atoms with van der Waals surface area (Å²) in [6.45, 7) is 9.68. The first-order valence-corrected chi connectivity index (χ1v) is 7.92. The highest BCUT2D eigenvalue weighted by Crippen LogP contribution is 2.24. The summed E-state index contributed by atoms with van der Waals surface area (Å²) in [5, 5.41) is 8.16. The fourth-order valence-electron chi connectivity index (χ4n) is 2.66. The number of rotatable bonds is 6. The van der Waals surface area contributed by atoms with Gasteiger partial charge >= 0.3 is 0 Å². The fraction of sp³-hybridized carbons (Fsp3) is 0.500. The Hall–Kier alpha value is -1.61. The molecule has 0 spiro atoms. The van der Waals surface area contributed by atoms with Crippen LogP contribution >= 0.6 is 0 Å². The molecule has 114 valence electrons. The molecule has 21 heavy (non-hydrogen) atoms. The van der Waals surface area contributed by atoms with Gasteiger partial charge in [0.1, 0.15) is 0 Å². The molecule has 0 saturated heterocycles. The molecule has 0 saturated carbocycles. The minimum Gasteiger partial charge on any atom is -0.305 e. The van der Waals surface area contributed by atoms with Gasteiger partial charge in [0.15, 0.2) is 0 Å². The largest absolute Gasteiger partial charge is 0.305 e. The van der Waals surface area contributed by atoms with E-state index in [1.807, 2.05) is 11.7 Å². The highest BCUT2D eigenvalue weighted by Gasteiger charge is 2.18. The van der Waals surface area contributed by atoms with Crippen molar-refractivity contribution in [1.82, 2.24) is 15.1 Å². The molecule has 1 aromatic carbocycles. The van der Waals surface area contributed by atoms with Crippen molar-refractivity contribution >= 4 is 0 Å². The lowest BCUT2D eigenvalue weighted by Crippen LogP contribution is -2.24. The molecule has 0 aliphatic carbocycles. The Morgan fingerprint density at radius 1 is 1.10 bits per heavy atom. The Morgan fingerprint density at radius 2 is 1.71 bits per heavy atom. The van der Waals surface area contributed by atoms with Crippen molar-refractivity contribution in [2.24, 2.45) is 7.05 Å². The van der Waals surface area contributed by atoms with Gasteiger partial charge in [-0.1, -0.05) is 52.0 Å². The first-order chi connectivity index (χ1) is 10.1. The van der Waals surface area contributed by atoms with Gasteiger partial charge in [0.25, 0.3) is 0 Å². The number of benzene rings is 1. The third kappa shape index (κ3) is 3.53. The zero-order chi connectivity index (χ0) is 15.4. The Bertz CT molecular complexity index is 567. The van der Waals surface area contributed by atoms with E-state index in [0.29, 0.717) is 5.92 Å². The normalized spacial score (nSPS) is 12.9. The molecule has 0 amide bonds. The second-order valence-electron chi connectivity index (χ2n) is 5.85. The lowest BCUT2D eigenvalue weighted by Gasteiger charge is -2.19. The maximum Gasteiger partial charge on any atom is 0.0748 e. The molecule has 1 aromatic heterocycles. The van der Waals surface area contributed by atoms with Gasteiger partial charge in [0, 0.05) is 7.05 Å². The molecule has 0 fully saturated rings. The van der Waals surface area contributed by atoms with E-state index in [2.05, 4.69) is 68.4 Å². The Kier molecular flexibility index (Phi) is 5.18. The first-order valence-electron chi connectivity index (χ1n) is 7.92. The number of aryl methyl sites for hydroxylation is 2. The van der Waals surface area contributed by atoms with Crippen molar-refractivity contribution in [3.63, 3.8) is 0 Å². The van der Waals surface area contributed by atoms with Crippen LogP contribution in [0.4, 0.5) is 0 Å². The van der Waals surface area contributed by atoms with E-state index in [1.165, 1.54) is 16.8 Å². The maximum absolute atomic E-state index is 4.58. The summed E-state index contributed by atoms with van der Waals surface area (Å²) in [5.41, 5.74) is 5.06. The van der Waals surface area contributed by atoms with Crippen LogP contribution in [0.1, 0.15) is 62.2 Å². The van der Waals surface area contributed by atoms with Crippen molar-refractivity contribution in [2.75, 3.05) is 6.54 Å². The van der Waals surface area contributed by atoms with Gasteiger partial charge in [0.2, 0.25) is 0 Å². The van der Waals surface area contributed by atoms with Gasteiger partial charge in [-0.05, 0) is 36.1 Å². The number of aromatic nitrogens is 2. The number of nitrogens with zero attached hydrogens (tertiary/aromatic N) is 2.